The number of nitrogen functional groups attached to an aromatic ring is 2. The molecule has 10 nitrogen and oxygen atoms in total. The Morgan fingerprint density at radius 2 is 1.25 bits per heavy atom. The number of pyridine rings is 2. The Labute approximate surface area is 314 Å². The third-order valence-electron chi connectivity index (χ3n) is 7.90. The SMILES string of the molecule is CNCCNC.Nc1nc(-c2ccc(-n3ccccc3=O)cc2)c(C2CC2)s1.Nc1nc(-c2ccc(Br)cc2)c(C2CC2)s1.O=c1cccc[nH]1. The molecular formula is C38H43BrN8O2S2. The van der Waals surface area contributed by atoms with E-state index in [-0.39, 0.29) is 11.1 Å². The summed E-state index contributed by atoms with van der Waals surface area (Å²) in [7, 11) is 3.88. The van der Waals surface area contributed by atoms with E-state index in [1.54, 1.807) is 63.9 Å². The fraction of sp³-hybridized carbons (Fsp3) is 0.263. The minimum Gasteiger partial charge on any atom is -0.375 e. The first-order chi connectivity index (χ1) is 24.8. The largest absolute Gasteiger partial charge is 0.375 e. The second-order valence-corrected chi connectivity index (χ2v) is 15.0. The number of H-pyrrole nitrogens is 1. The van der Waals surface area contributed by atoms with Crippen molar-refractivity contribution in [1.82, 2.24) is 30.2 Å². The fourth-order valence-corrected chi connectivity index (χ4v) is 7.33. The molecule has 0 saturated heterocycles. The maximum absolute atomic E-state index is 11.9. The quantitative estimate of drug-likeness (QED) is 0.101. The molecule has 0 bridgehead atoms. The molecule has 51 heavy (non-hydrogen) atoms. The van der Waals surface area contributed by atoms with E-state index >= 15 is 0 Å². The van der Waals surface area contributed by atoms with Crippen molar-refractivity contribution in [3.8, 4) is 28.2 Å². The third-order valence-corrected chi connectivity index (χ3v) is 10.5. The van der Waals surface area contributed by atoms with E-state index in [0.717, 1.165) is 45.8 Å². The van der Waals surface area contributed by atoms with Crippen LogP contribution >= 0.6 is 38.6 Å². The van der Waals surface area contributed by atoms with Gasteiger partial charge in [-0.1, -0.05) is 52.3 Å². The Kier molecular flexibility index (Phi) is 13.9. The number of rotatable bonds is 8. The summed E-state index contributed by atoms with van der Waals surface area (Å²) >= 11 is 6.67. The van der Waals surface area contributed by atoms with E-state index in [9.17, 15) is 9.59 Å². The van der Waals surface area contributed by atoms with Crippen molar-refractivity contribution in [2.45, 2.75) is 37.5 Å². The van der Waals surface area contributed by atoms with Crippen molar-refractivity contribution in [3.63, 3.8) is 0 Å². The number of thiazole rings is 2. The molecule has 4 heterocycles. The molecule has 2 aliphatic carbocycles. The van der Waals surface area contributed by atoms with Gasteiger partial charge in [0, 0.05) is 68.7 Å². The lowest BCUT2D eigenvalue weighted by Gasteiger charge is -2.06. The molecule has 266 valence electrons. The second-order valence-electron chi connectivity index (χ2n) is 12.0. The van der Waals surface area contributed by atoms with Crippen LogP contribution in [0, 0.1) is 0 Å². The van der Waals surface area contributed by atoms with Gasteiger partial charge in [0.25, 0.3) is 5.56 Å². The van der Waals surface area contributed by atoms with Crippen LogP contribution < -0.4 is 33.2 Å². The highest BCUT2D eigenvalue weighted by atomic mass is 79.9. The van der Waals surface area contributed by atoms with Crippen LogP contribution in [0.25, 0.3) is 28.2 Å². The molecule has 13 heteroatoms. The van der Waals surface area contributed by atoms with Crippen LogP contribution in [0.3, 0.4) is 0 Å². The number of halogens is 1. The van der Waals surface area contributed by atoms with E-state index in [1.807, 2.05) is 56.6 Å². The number of hydrogen-bond acceptors (Lipinski definition) is 10. The summed E-state index contributed by atoms with van der Waals surface area (Å²) in [4.78, 5) is 36.2. The average Bonchev–Trinajstić information content (AvgIpc) is 4.09. The number of nitrogens with zero attached hydrogens (tertiary/aromatic N) is 3. The van der Waals surface area contributed by atoms with Gasteiger partial charge in [-0.3, -0.25) is 14.2 Å². The van der Waals surface area contributed by atoms with Gasteiger partial charge in [-0.15, -0.1) is 22.7 Å². The summed E-state index contributed by atoms with van der Waals surface area (Å²) in [5.41, 5.74) is 16.8. The van der Waals surface area contributed by atoms with Crippen LogP contribution in [-0.4, -0.2) is 46.7 Å². The minimum absolute atomic E-state index is 0.0353. The first-order valence-electron chi connectivity index (χ1n) is 16.8. The van der Waals surface area contributed by atoms with E-state index in [0.29, 0.717) is 22.1 Å². The molecule has 2 aromatic carbocycles. The van der Waals surface area contributed by atoms with Crippen LogP contribution in [0.1, 0.15) is 47.3 Å². The first kappa shape index (κ1) is 37.8. The molecule has 0 atom stereocenters. The van der Waals surface area contributed by atoms with E-state index in [1.165, 1.54) is 41.5 Å². The number of aromatic amines is 1. The molecular weight excluding hydrogens is 745 g/mol. The molecule has 2 aliphatic rings. The topological polar surface area (TPSA) is 157 Å². The Bertz CT molecular complexity index is 2060. The lowest BCUT2D eigenvalue weighted by atomic mass is 10.1. The normalized spacial score (nSPS) is 13.2. The number of aromatic nitrogens is 4. The molecule has 6 aromatic rings. The highest BCUT2D eigenvalue weighted by molar-refractivity contribution is 9.10. The molecule has 2 fully saturated rings. The summed E-state index contributed by atoms with van der Waals surface area (Å²) in [5, 5.41) is 7.32. The molecule has 7 N–H and O–H groups in total. The van der Waals surface area contributed by atoms with Crippen LogP contribution in [0.5, 0.6) is 0 Å². The van der Waals surface area contributed by atoms with Gasteiger partial charge in [0.15, 0.2) is 10.3 Å². The van der Waals surface area contributed by atoms with Gasteiger partial charge < -0.3 is 27.1 Å². The highest BCUT2D eigenvalue weighted by Gasteiger charge is 2.30. The van der Waals surface area contributed by atoms with Crippen molar-refractivity contribution in [2.75, 3.05) is 38.7 Å². The maximum atomic E-state index is 11.9. The number of nitrogens with two attached hydrogens (primary N) is 2. The lowest BCUT2D eigenvalue weighted by molar-refractivity contribution is 0.718. The predicted molar refractivity (Wildman–Crippen MR) is 216 cm³/mol. The van der Waals surface area contributed by atoms with Gasteiger partial charge in [-0.25, -0.2) is 9.97 Å². The zero-order valence-corrected chi connectivity index (χ0v) is 31.9. The smallest absolute Gasteiger partial charge is 0.255 e. The average molecular weight is 788 g/mol. The van der Waals surface area contributed by atoms with E-state index in [4.69, 9.17) is 11.5 Å². The van der Waals surface area contributed by atoms with Crippen molar-refractivity contribution in [2.24, 2.45) is 0 Å². The summed E-state index contributed by atoms with van der Waals surface area (Å²) < 4.78 is 2.72. The van der Waals surface area contributed by atoms with Gasteiger partial charge in [0.05, 0.1) is 11.4 Å². The number of hydrogen-bond donors (Lipinski definition) is 5. The van der Waals surface area contributed by atoms with E-state index in [2.05, 4.69) is 53.6 Å². The van der Waals surface area contributed by atoms with Gasteiger partial charge in [-0.2, -0.15) is 0 Å². The predicted octanol–water partition coefficient (Wildman–Crippen LogP) is 7.25. The van der Waals surface area contributed by atoms with Gasteiger partial charge in [0.1, 0.15) is 0 Å². The third kappa shape index (κ3) is 11.3. The van der Waals surface area contributed by atoms with Crippen molar-refractivity contribution < 1.29 is 0 Å². The molecule has 0 amide bonds. The first-order valence-corrected chi connectivity index (χ1v) is 19.2. The summed E-state index contributed by atoms with van der Waals surface area (Å²) in [6.07, 6.45) is 8.39. The standard InChI is InChI=1S/C17H15N3OS.C12H11BrN2S.C5H5NO.C4H12N2/c18-17-19-15(16(22-17)12-4-5-12)11-6-8-13(9-7-11)20-10-2-1-3-14(20)21;13-9-5-3-7(4-6-9)10-11(8-1-2-8)16-12(14)15-10;7-5-3-1-2-4-6-5;1-5-3-4-6-2/h1-3,6-10,12H,4-5H2,(H2,18,19);3-6,8H,1-2H2,(H2,14,15);1-4H,(H,6,7);5-6H,3-4H2,1-2H3. The summed E-state index contributed by atoms with van der Waals surface area (Å²) in [5.74, 6) is 1.33. The molecule has 8 rings (SSSR count). The Balaban J connectivity index is 0.000000151. The molecule has 0 radical (unpaired) electrons. The van der Waals surface area contributed by atoms with Crippen molar-refractivity contribution in [3.05, 3.63) is 132 Å². The Morgan fingerprint density at radius 3 is 1.67 bits per heavy atom. The number of benzene rings is 2. The van der Waals surface area contributed by atoms with Crippen LogP contribution in [0.4, 0.5) is 10.3 Å². The number of anilines is 2. The number of likely N-dealkylation sites (N-methyl/N-ethyl adjacent to an activating group) is 2. The van der Waals surface area contributed by atoms with Crippen molar-refractivity contribution in [1.29, 1.82) is 0 Å². The summed E-state index contributed by atoms with van der Waals surface area (Å²) in [6, 6.07) is 26.3. The van der Waals surface area contributed by atoms with Crippen LogP contribution in [0.2, 0.25) is 0 Å². The van der Waals surface area contributed by atoms with Crippen LogP contribution in [-0.2, 0) is 0 Å². The zero-order chi connectivity index (χ0) is 36.2. The molecule has 0 unspecified atom stereocenters. The summed E-state index contributed by atoms with van der Waals surface area (Å²) in [6.45, 7) is 2.10. The zero-order valence-electron chi connectivity index (χ0n) is 28.6. The molecule has 0 spiro atoms. The monoisotopic (exact) mass is 786 g/mol. The minimum atomic E-state index is -0.0532. The van der Waals surface area contributed by atoms with Crippen LogP contribution in [0.15, 0.2) is 111 Å². The van der Waals surface area contributed by atoms with E-state index < -0.39 is 0 Å². The molecule has 4 aromatic heterocycles. The fourth-order valence-electron chi connectivity index (χ4n) is 5.01. The Morgan fingerprint density at radius 1 is 0.745 bits per heavy atom. The van der Waals surface area contributed by atoms with Crippen molar-refractivity contribution >= 4 is 48.9 Å². The number of nitrogens with one attached hydrogen (secondary N) is 3. The molecule has 0 aliphatic heterocycles. The van der Waals surface area contributed by atoms with Gasteiger partial charge in [0.2, 0.25) is 5.56 Å². The van der Waals surface area contributed by atoms with Gasteiger partial charge >= 0.3 is 0 Å². The second kappa shape index (κ2) is 18.7. The highest BCUT2D eigenvalue weighted by Crippen LogP contribution is 2.48. The Hall–Kier alpha value is -4.40. The lowest BCUT2D eigenvalue weighted by Crippen LogP contribution is -2.21. The maximum Gasteiger partial charge on any atom is 0.255 e. The van der Waals surface area contributed by atoms with Gasteiger partial charge in [-0.05, 0) is 88.0 Å². The molecule has 2 saturated carbocycles.